The molecule has 1 aliphatic carbocycles. The van der Waals surface area contributed by atoms with Gasteiger partial charge in [-0.3, -0.25) is 10.1 Å². The number of halogens is 2. The van der Waals surface area contributed by atoms with Crippen molar-refractivity contribution in [3.63, 3.8) is 0 Å². The summed E-state index contributed by atoms with van der Waals surface area (Å²) >= 11 is 11.8. The number of hydrogen-bond donors (Lipinski definition) is 2. The third-order valence-electron chi connectivity index (χ3n) is 4.08. The summed E-state index contributed by atoms with van der Waals surface area (Å²) in [6, 6.07) is 4.14. The van der Waals surface area contributed by atoms with Gasteiger partial charge in [0, 0.05) is 12.1 Å². The molecule has 142 valence electrons. The molecule has 0 aliphatic heterocycles. The number of ether oxygens (including phenoxy) is 1. The van der Waals surface area contributed by atoms with Crippen LogP contribution in [0.2, 0.25) is 10.0 Å². The molecule has 8 nitrogen and oxygen atoms in total. The Bertz CT molecular complexity index is 878. The number of carbonyl (C=O) groups is 2. The van der Waals surface area contributed by atoms with Crippen LogP contribution in [0, 0.1) is 0 Å². The average Bonchev–Trinajstić information content (AvgIpc) is 2.64. The van der Waals surface area contributed by atoms with E-state index in [1.54, 1.807) is 12.1 Å². The highest BCUT2D eigenvalue weighted by Gasteiger charge is 2.27. The lowest BCUT2D eigenvalue weighted by atomic mass is 9.87. The standard InChI is InChI=1S/C17H17Cl2N5O3/c1-27-17-22-14(10-4-2-3-5-13(10)25)21-15(24-17)23-16(26)20-9-6-7-11(18)12(19)8-9/h6-8,10H,2-5H2,1H3,(H2,20,21,22,23,24,26). The van der Waals surface area contributed by atoms with Crippen LogP contribution in [0.5, 0.6) is 6.01 Å². The van der Waals surface area contributed by atoms with E-state index in [0.717, 1.165) is 12.8 Å². The molecule has 1 aromatic heterocycles. The van der Waals surface area contributed by atoms with Gasteiger partial charge in [0.1, 0.15) is 11.6 Å². The number of aromatic nitrogens is 3. The van der Waals surface area contributed by atoms with E-state index in [0.29, 0.717) is 34.4 Å². The molecule has 0 spiro atoms. The Morgan fingerprint density at radius 2 is 1.96 bits per heavy atom. The lowest BCUT2D eigenvalue weighted by Crippen LogP contribution is -2.24. The number of ketones is 1. The largest absolute Gasteiger partial charge is 0.467 e. The van der Waals surface area contributed by atoms with Crippen LogP contribution >= 0.6 is 23.2 Å². The second-order valence-electron chi connectivity index (χ2n) is 5.98. The van der Waals surface area contributed by atoms with Crippen LogP contribution in [0.15, 0.2) is 18.2 Å². The predicted molar refractivity (Wildman–Crippen MR) is 102 cm³/mol. The second-order valence-corrected chi connectivity index (χ2v) is 6.79. The number of Topliss-reactive ketones (excluding diaryl/α,β-unsaturated/α-hetero) is 1. The Labute approximate surface area is 165 Å². The van der Waals surface area contributed by atoms with Gasteiger partial charge >= 0.3 is 12.0 Å². The number of rotatable bonds is 4. The van der Waals surface area contributed by atoms with Crippen LogP contribution in [0.1, 0.15) is 37.4 Å². The molecule has 1 unspecified atom stereocenters. The van der Waals surface area contributed by atoms with Crippen LogP contribution < -0.4 is 15.4 Å². The van der Waals surface area contributed by atoms with Gasteiger partial charge in [-0.25, -0.2) is 4.79 Å². The van der Waals surface area contributed by atoms with Crippen molar-refractivity contribution in [2.75, 3.05) is 17.7 Å². The van der Waals surface area contributed by atoms with Crippen molar-refractivity contribution in [1.29, 1.82) is 0 Å². The zero-order chi connectivity index (χ0) is 19.4. The molecular weight excluding hydrogens is 393 g/mol. The number of methoxy groups -OCH3 is 1. The number of benzene rings is 1. The maximum absolute atomic E-state index is 12.2. The van der Waals surface area contributed by atoms with E-state index in [9.17, 15) is 9.59 Å². The second kappa shape index (κ2) is 8.49. The van der Waals surface area contributed by atoms with E-state index >= 15 is 0 Å². The molecule has 0 saturated heterocycles. The summed E-state index contributed by atoms with van der Waals surface area (Å²) in [5, 5.41) is 5.81. The average molecular weight is 410 g/mol. The first-order chi connectivity index (χ1) is 13.0. The molecule has 1 atom stereocenters. The van der Waals surface area contributed by atoms with E-state index in [4.69, 9.17) is 27.9 Å². The molecule has 1 aliphatic rings. The van der Waals surface area contributed by atoms with Crippen molar-refractivity contribution in [2.24, 2.45) is 0 Å². The molecule has 2 N–H and O–H groups in total. The number of carbonyl (C=O) groups excluding carboxylic acids is 2. The van der Waals surface area contributed by atoms with Crippen LogP contribution in [0.25, 0.3) is 0 Å². The minimum Gasteiger partial charge on any atom is -0.467 e. The molecule has 1 aromatic carbocycles. The van der Waals surface area contributed by atoms with Gasteiger partial charge in [0.25, 0.3) is 0 Å². The van der Waals surface area contributed by atoms with Crippen LogP contribution in [0.3, 0.4) is 0 Å². The van der Waals surface area contributed by atoms with Gasteiger partial charge in [-0.2, -0.15) is 15.0 Å². The first-order valence-electron chi connectivity index (χ1n) is 8.32. The summed E-state index contributed by atoms with van der Waals surface area (Å²) < 4.78 is 5.07. The lowest BCUT2D eigenvalue weighted by molar-refractivity contribution is -0.122. The molecule has 10 heteroatoms. The third kappa shape index (κ3) is 4.84. The van der Waals surface area contributed by atoms with Gasteiger partial charge in [0.05, 0.1) is 23.1 Å². The van der Waals surface area contributed by atoms with Gasteiger partial charge in [-0.15, -0.1) is 0 Å². The Kier molecular flexibility index (Phi) is 6.08. The quantitative estimate of drug-likeness (QED) is 0.788. The molecule has 0 radical (unpaired) electrons. The van der Waals surface area contributed by atoms with Gasteiger partial charge < -0.3 is 10.1 Å². The lowest BCUT2D eigenvalue weighted by Gasteiger charge is -2.19. The van der Waals surface area contributed by atoms with Crippen molar-refractivity contribution < 1.29 is 14.3 Å². The van der Waals surface area contributed by atoms with Gasteiger partial charge in [-0.05, 0) is 31.0 Å². The van der Waals surface area contributed by atoms with E-state index in [1.165, 1.54) is 13.2 Å². The Morgan fingerprint density at radius 3 is 2.67 bits per heavy atom. The first-order valence-corrected chi connectivity index (χ1v) is 9.07. The molecule has 1 heterocycles. The number of nitrogens with zero attached hydrogens (tertiary/aromatic N) is 3. The fraction of sp³-hybridized carbons (Fsp3) is 0.353. The number of hydrogen-bond acceptors (Lipinski definition) is 6. The topological polar surface area (TPSA) is 106 Å². The monoisotopic (exact) mass is 409 g/mol. The number of amides is 2. The number of urea groups is 1. The van der Waals surface area contributed by atoms with Gasteiger partial charge in [0.2, 0.25) is 5.95 Å². The zero-order valence-corrected chi connectivity index (χ0v) is 16.0. The summed E-state index contributed by atoms with van der Waals surface area (Å²) in [6.07, 6.45) is 2.96. The Morgan fingerprint density at radius 1 is 1.15 bits per heavy atom. The Hall–Kier alpha value is -2.45. The summed E-state index contributed by atoms with van der Waals surface area (Å²) in [4.78, 5) is 36.8. The van der Waals surface area contributed by atoms with E-state index in [-0.39, 0.29) is 17.7 Å². The molecular formula is C17H17Cl2N5O3. The first kappa shape index (κ1) is 19.3. The van der Waals surface area contributed by atoms with E-state index < -0.39 is 11.9 Å². The van der Waals surface area contributed by atoms with Crippen molar-refractivity contribution >= 4 is 46.7 Å². The molecule has 1 saturated carbocycles. The minimum atomic E-state index is -0.581. The summed E-state index contributed by atoms with van der Waals surface area (Å²) in [5.41, 5.74) is 0.450. The van der Waals surface area contributed by atoms with Gasteiger partial charge in [-0.1, -0.05) is 29.6 Å². The molecule has 27 heavy (non-hydrogen) atoms. The summed E-state index contributed by atoms with van der Waals surface area (Å²) in [7, 11) is 1.40. The van der Waals surface area contributed by atoms with Gasteiger partial charge in [0.15, 0.2) is 0 Å². The number of nitrogens with one attached hydrogen (secondary N) is 2. The van der Waals surface area contributed by atoms with Crippen LogP contribution in [0.4, 0.5) is 16.4 Å². The summed E-state index contributed by atoms with van der Waals surface area (Å²) in [5.74, 6) is -0.0285. The minimum absolute atomic E-state index is 0.00668. The van der Waals surface area contributed by atoms with Crippen molar-refractivity contribution in [3.8, 4) is 6.01 Å². The molecule has 3 rings (SSSR count). The fourth-order valence-electron chi connectivity index (χ4n) is 2.77. The smallest absolute Gasteiger partial charge is 0.326 e. The molecule has 2 amide bonds. The highest BCUT2D eigenvalue weighted by atomic mass is 35.5. The van der Waals surface area contributed by atoms with Crippen LogP contribution in [-0.4, -0.2) is 33.9 Å². The number of anilines is 2. The molecule has 2 aromatic rings. The van der Waals surface area contributed by atoms with Crippen molar-refractivity contribution in [1.82, 2.24) is 15.0 Å². The van der Waals surface area contributed by atoms with E-state index in [2.05, 4.69) is 25.6 Å². The third-order valence-corrected chi connectivity index (χ3v) is 4.82. The summed E-state index contributed by atoms with van der Waals surface area (Å²) in [6.45, 7) is 0. The Balaban J connectivity index is 1.77. The molecule has 0 bridgehead atoms. The maximum atomic E-state index is 12.2. The fourth-order valence-corrected chi connectivity index (χ4v) is 3.07. The normalized spacial score (nSPS) is 16.7. The maximum Gasteiger partial charge on any atom is 0.326 e. The van der Waals surface area contributed by atoms with Crippen LogP contribution in [-0.2, 0) is 4.79 Å². The zero-order valence-electron chi connectivity index (χ0n) is 14.5. The highest BCUT2D eigenvalue weighted by Crippen LogP contribution is 2.29. The highest BCUT2D eigenvalue weighted by molar-refractivity contribution is 6.42. The van der Waals surface area contributed by atoms with Crippen molar-refractivity contribution in [3.05, 3.63) is 34.1 Å². The predicted octanol–water partition coefficient (Wildman–Crippen LogP) is 4.06. The molecule has 1 fully saturated rings. The van der Waals surface area contributed by atoms with Crippen molar-refractivity contribution in [2.45, 2.75) is 31.6 Å². The van der Waals surface area contributed by atoms with E-state index in [1.807, 2.05) is 0 Å². The SMILES string of the molecule is COc1nc(NC(=O)Nc2ccc(Cl)c(Cl)c2)nc(C2CCCCC2=O)n1.